The fraction of sp³-hybridized carbons (Fsp3) is 0.792. The number of carbonyl (C=O) groups is 2. The van der Waals surface area contributed by atoms with Gasteiger partial charge in [0.15, 0.2) is 10.6 Å². The van der Waals surface area contributed by atoms with Gasteiger partial charge in [-0.1, -0.05) is 19.8 Å². The molecule has 0 aromatic carbocycles. The van der Waals surface area contributed by atoms with E-state index in [0.717, 1.165) is 55.7 Å². The van der Waals surface area contributed by atoms with E-state index in [4.69, 9.17) is 9.21 Å². The molecule has 2 aliphatic carbocycles. The number of ketones is 1. The summed E-state index contributed by atoms with van der Waals surface area (Å²) in [6, 6.07) is 0. The maximum absolute atomic E-state index is 11.0. The molecule has 1 aromatic rings. The summed E-state index contributed by atoms with van der Waals surface area (Å²) in [5, 5.41) is 0. The summed E-state index contributed by atoms with van der Waals surface area (Å²) in [6.45, 7) is 6.17. The molecule has 7 heteroatoms. The Morgan fingerprint density at radius 2 is 1.87 bits per heavy atom. The van der Waals surface area contributed by atoms with Crippen LogP contribution in [0.2, 0.25) is 0 Å². The Kier molecular flexibility index (Phi) is 11.8. The van der Waals surface area contributed by atoms with Crippen LogP contribution in [0, 0.1) is 11.3 Å². The lowest BCUT2D eigenvalue weighted by molar-refractivity contribution is -0.118. The normalized spacial score (nSPS) is 19.0. The number of halogens is 1. The van der Waals surface area contributed by atoms with Gasteiger partial charge in [-0.15, -0.1) is 0 Å². The highest BCUT2D eigenvalue weighted by Gasteiger charge is 2.44. The van der Waals surface area contributed by atoms with E-state index in [9.17, 15) is 4.79 Å². The van der Waals surface area contributed by atoms with E-state index in [1.54, 1.807) is 19.0 Å². The number of carbonyl (C=O) groups excluding carboxylic acids is 2. The van der Waals surface area contributed by atoms with Crippen molar-refractivity contribution in [1.29, 1.82) is 0 Å². The first kappa shape index (κ1) is 26.0. The lowest BCUT2D eigenvalue weighted by atomic mass is 9.93. The quantitative estimate of drug-likeness (QED) is 0.350. The van der Waals surface area contributed by atoms with Crippen LogP contribution in [-0.2, 0) is 16.0 Å². The van der Waals surface area contributed by atoms with Gasteiger partial charge in [-0.25, -0.2) is 4.98 Å². The van der Waals surface area contributed by atoms with E-state index in [1.807, 2.05) is 6.92 Å². The topological polar surface area (TPSA) is 89.4 Å². The number of rotatable bonds is 10. The number of hydrogen-bond donors (Lipinski definition) is 1. The van der Waals surface area contributed by atoms with Crippen LogP contribution in [0.25, 0.3) is 0 Å². The van der Waals surface area contributed by atoms with Crippen molar-refractivity contribution in [1.82, 2.24) is 9.88 Å². The van der Waals surface area contributed by atoms with Crippen LogP contribution >= 0.6 is 15.9 Å². The summed E-state index contributed by atoms with van der Waals surface area (Å²) in [5.74, 6) is 2.26. The van der Waals surface area contributed by atoms with E-state index in [0.29, 0.717) is 16.9 Å². The van der Waals surface area contributed by atoms with Crippen molar-refractivity contribution in [2.45, 2.75) is 90.4 Å². The van der Waals surface area contributed by atoms with Crippen molar-refractivity contribution >= 4 is 28.1 Å². The van der Waals surface area contributed by atoms with Gasteiger partial charge in [-0.3, -0.25) is 9.59 Å². The Balaban J connectivity index is 0.000000200. The molecule has 1 amide bonds. The molecule has 0 atom stereocenters. The summed E-state index contributed by atoms with van der Waals surface area (Å²) in [6.07, 6.45) is 17.7. The zero-order chi connectivity index (χ0) is 22.5. The average Bonchev–Trinajstić information content (AvgIpc) is 3.68. The molecule has 1 saturated heterocycles. The van der Waals surface area contributed by atoms with Gasteiger partial charge in [0.25, 0.3) is 0 Å². The summed E-state index contributed by atoms with van der Waals surface area (Å²) < 4.78 is 5.99. The van der Waals surface area contributed by atoms with Gasteiger partial charge in [0.1, 0.15) is 5.78 Å². The van der Waals surface area contributed by atoms with Crippen LogP contribution in [0.3, 0.4) is 0 Å². The van der Waals surface area contributed by atoms with Crippen LogP contribution in [0.15, 0.2) is 15.3 Å². The lowest BCUT2D eigenvalue weighted by Gasteiger charge is -2.31. The minimum Gasteiger partial charge on any atom is -0.434 e. The second-order valence-electron chi connectivity index (χ2n) is 9.24. The predicted molar refractivity (Wildman–Crippen MR) is 127 cm³/mol. The van der Waals surface area contributed by atoms with Gasteiger partial charge in [-0.05, 0) is 91.7 Å². The number of nitrogens with two attached hydrogens (primary N) is 1. The first-order valence-corrected chi connectivity index (χ1v) is 12.8. The minimum atomic E-state index is 0.250. The Morgan fingerprint density at radius 3 is 2.39 bits per heavy atom. The number of aromatic nitrogens is 1. The van der Waals surface area contributed by atoms with E-state index >= 15 is 0 Å². The standard InChI is InChI=1S/C12H18BrNO2.C11H19N.CH3NO/c1-2-10(15)7-5-3-4-6-8-12-14-9-11(13)16-12;1-2-10(1)9-12-7-5-11(3-4-11)6-8-12;2-1-3/h9H,2-8H2,1H3;10H,1-9H2;1H,(H2,2,3). The maximum Gasteiger partial charge on any atom is 0.204 e. The molecule has 6 nitrogen and oxygen atoms in total. The first-order chi connectivity index (χ1) is 15.0. The highest BCUT2D eigenvalue weighted by Crippen LogP contribution is 2.53. The first-order valence-electron chi connectivity index (χ1n) is 12.0. The molecule has 4 rings (SSSR count). The third-order valence-electron chi connectivity index (χ3n) is 6.60. The number of unbranched alkanes of at least 4 members (excludes halogenated alkanes) is 3. The van der Waals surface area contributed by atoms with Gasteiger partial charge in [-0.2, -0.15) is 0 Å². The smallest absolute Gasteiger partial charge is 0.204 e. The number of likely N-dealkylation sites (tertiary alicyclic amines) is 1. The number of piperidine rings is 1. The molecule has 2 heterocycles. The number of aryl methyl sites for hydroxylation is 1. The van der Waals surface area contributed by atoms with Crippen molar-refractivity contribution in [3.8, 4) is 0 Å². The van der Waals surface area contributed by atoms with Crippen LogP contribution in [0.1, 0.15) is 89.9 Å². The summed E-state index contributed by atoms with van der Waals surface area (Å²) in [7, 11) is 0. The molecule has 0 unspecified atom stereocenters. The van der Waals surface area contributed by atoms with E-state index in [-0.39, 0.29) is 6.41 Å². The van der Waals surface area contributed by atoms with E-state index in [1.165, 1.54) is 45.3 Å². The zero-order valence-corrected chi connectivity index (χ0v) is 20.7. The molecule has 2 saturated carbocycles. The number of Topliss-reactive ketones (excluding diaryl/α,β-unsaturated/α-hetero) is 1. The third-order valence-corrected chi connectivity index (χ3v) is 6.97. The van der Waals surface area contributed by atoms with Crippen molar-refractivity contribution in [2.24, 2.45) is 17.1 Å². The molecule has 0 radical (unpaired) electrons. The fourth-order valence-corrected chi connectivity index (χ4v) is 4.37. The van der Waals surface area contributed by atoms with Gasteiger partial charge < -0.3 is 15.1 Å². The highest BCUT2D eigenvalue weighted by molar-refractivity contribution is 9.10. The Morgan fingerprint density at radius 1 is 1.23 bits per heavy atom. The Bertz CT molecular complexity index is 646. The van der Waals surface area contributed by atoms with Gasteiger partial charge >= 0.3 is 0 Å². The molecule has 2 N–H and O–H groups in total. The Hall–Kier alpha value is -1.21. The molecule has 1 aliphatic heterocycles. The maximum atomic E-state index is 11.0. The summed E-state index contributed by atoms with van der Waals surface area (Å²) in [5.41, 5.74) is 5.04. The third kappa shape index (κ3) is 11.3. The largest absolute Gasteiger partial charge is 0.434 e. The predicted octanol–water partition coefficient (Wildman–Crippen LogP) is 5.28. The highest BCUT2D eigenvalue weighted by atomic mass is 79.9. The number of primary amides is 1. The molecule has 3 aliphatic rings. The number of oxazole rings is 1. The monoisotopic (exact) mass is 497 g/mol. The fourth-order valence-electron chi connectivity index (χ4n) is 4.08. The van der Waals surface area contributed by atoms with Crippen LogP contribution in [-0.4, -0.2) is 41.7 Å². The average molecular weight is 499 g/mol. The van der Waals surface area contributed by atoms with Crippen LogP contribution < -0.4 is 5.73 Å². The molecule has 1 aromatic heterocycles. The van der Waals surface area contributed by atoms with Crippen molar-refractivity contribution in [2.75, 3.05) is 19.6 Å². The minimum absolute atomic E-state index is 0.250. The van der Waals surface area contributed by atoms with Gasteiger partial charge in [0, 0.05) is 25.8 Å². The number of nitrogens with zero attached hydrogens (tertiary/aromatic N) is 2. The molecule has 31 heavy (non-hydrogen) atoms. The molecule has 1 spiro atoms. The second-order valence-corrected chi connectivity index (χ2v) is 10.0. The van der Waals surface area contributed by atoms with Crippen molar-refractivity contribution < 1.29 is 14.0 Å². The van der Waals surface area contributed by atoms with Crippen LogP contribution in [0.4, 0.5) is 0 Å². The molecular formula is C24H40BrN3O3. The SMILES string of the molecule is C1CC1CN1CCC2(CC1)CC2.CCC(=O)CCCCCCc1ncc(Br)o1.NC=O. The molecule has 0 bridgehead atoms. The molecule has 176 valence electrons. The van der Waals surface area contributed by atoms with Crippen molar-refractivity contribution in [3.05, 3.63) is 16.8 Å². The van der Waals surface area contributed by atoms with Crippen molar-refractivity contribution in [3.63, 3.8) is 0 Å². The van der Waals surface area contributed by atoms with E-state index in [2.05, 4.69) is 31.5 Å². The zero-order valence-electron chi connectivity index (χ0n) is 19.1. The number of amides is 1. The van der Waals surface area contributed by atoms with E-state index < -0.39 is 0 Å². The van der Waals surface area contributed by atoms with Gasteiger partial charge in [0.2, 0.25) is 6.41 Å². The lowest BCUT2D eigenvalue weighted by Crippen LogP contribution is -2.35. The summed E-state index contributed by atoms with van der Waals surface area (Å²) >= 11 is 3.22. The molecule has 3 fully saturated rings. The Labute approximate surface area is 195 Å². The molecular weight excluding hydrogens is 458 g/mol. The van der Waals surface area contributed by atoms with Crippen LogP contribution in [0.5, 0.6) is 0 Å². The second kappa shape index (κ2) is 14.0. The summed E-state index contributed by atoms with van der Waals surface area (Å²) in [4.78, 5) is 26.4. The number of hydrogen-bond acceptors (Lipinski definition) is 5. The van der Waals surface area contributed by atoms with Gasteiger partial charge in [0.05, 0.1) is 6.20 Å².